The average molecular weight is 368 g/mol. The molecule has 1 aliphatic rings. The largest absolute Gasteiger partial charge is 0.469 e. The van der Waals surface area contributed by atoms with Gasteiger partial charge in [-0.3, -0.25) is 9.59 Å². The minimum atomic E-state index is -0.225. The van der Waals surface area contributed by atoms with Gasteiger partial charge in [0.1, 0.15) is 11.5 Å². The fraction of sp³-hybridized carbons (Fsp3) is 0.333. The van der Waals surface area contributed by atoms with E-state index in [0.717, 1.165) is 17.5 Å². The SMILES string of the molecule is COC(=O)CCc1ccc(Oc2ccc(N)cc2C2CCC(=O)N2C)cc1. The van der Waals surface area contributed by atoms with Crippen molar-refractivity contribution in [3.63, 3.8) is 0 Å². The molecule has 3 rings (SSSR count). The normalized spacial score (nSPS) is 16.4. The van der Waals surface area contributed by atoms with Gasteiger partial charge in [-0.25, -0.2) is 0 Å². The van der Waals surface area contributed by atoms with Crippen LogP contribution >= 0.6 is 0 Å². The number of methoxy groups -OCH3 is 1. The second-order valence-corrected chi connectivity index (χ2v) is 6.68. The predicted molar refractivity (Wildman–Crippen MR) is 102 cm³/mol. The molecule has 27 heavy (non-hydrogen) atoms. The number of carbonyl (C=O) groups is 2. The number of rotatable bonds is 6. The van der Waals surface area contributed by atoms with E-state index in [-0.39, 0.29) is 17.9 Å². The lowest BCUT2D eigenvalue weighted by atomic mass is 10.0. The number of anilines is 1. The molecule has 0 aliphatic carbocycles. The fourth-order valence-electron chi connectivity index (χ4n) is 3.29. The number of nitrogen functional groups attached to an aromatic ring is 1. The maximum absolute atomic E-state index is 11.9. The number of hydrogen-bond acceptors (Lipinski definition) is 5. The average Bonchev–Trinajstić information content (AvgIpc) is 3.01. The van der Waals surface area contributed by atoms with Crippen LogP contribution in [0.4, 0.5) is 5.69 Å². The molecule has 1 aliphatic heterocycles. The van der Waals surface area contributed by atoms with E-state index < -0.39 is 0 Å². The minimum Gasteiger partial charge on any atom is -0.469 e. The third-order valence-corrected chi connectivity index (χ3v) is 4.88. The summed E-state index contributed by atoms with van der Waals surface area (Å²) in [5.41, 5.74) is 8.55. The number of ether oxygens (including phenoxy) is 2. The lowest BCUT2D eigenvalue weighted by Gasteiger charge is -2.23. The van der Waals surface area contributed by atoms with E-state index in [2.05, 4.69) is 4.74 Å². The molecule has 6 nitrogen and oxygen atoms in total. The maximum Gasteiger partial charge on any atom is 0.305 e. The first-order valence-electron chi connectivity index (χ1n) is 8.96. The van der Waals surface area contributed by atoms with Gasteiger partial charge in [-0.15, -0.1) is 0 Å². The smallest absolute Gasteiger partial charge is 0.305 e. The Labute approximate surface area is 158 Å². The number of hydrogen-bond donors (Lipinski definition) is 1. The molecule has 1 unspecified atom stereocenters. The topological polar surface area (TPSA) is 81.9 Å². The van der Waals surface area contributed by atoms with Crippen molar-refractivity contribution in [2.45, 2.75) is 31.7 Å². The molecule has 142 valence electrons. The summed E-state index contributed by atoms with van der Waals surface area (Å²) < 4.78 is 10.7. The molecular formula is C21H24N2O4. The molecule has 1 amide bonds. The van der Waals surface area contributed by atoms with E-state index >= 15 is 0 Å². The van der Waals surface area contributed by atoms with E-state index in [0.29, 0.717) is 36.4 Å². The van der Waals surface area contributed by atoms with Gasteiger partial charge in [0, 0.05) is 31.1 Å². The Morgan fingerprint density at radius 1 is 1.22 bits per heavy atom. The van der Waals surface area contributed by atoms with Gasteiger partial charge in [0.05, 0.1) is 13.2 Å². The molecule has 1 saturated heterocycles. The number of benzene rings is 2. The van der Waals surface area contributed by atoms with Crippen molar-refractivity contribution in [2.24, 2.45) is 0 Å². The molecule has 0 bridgehead atoms. The number of esters is 1. The summed E-state index contributed by atoms with van der Waals surface area (Å²) in [5.74, 6) is 1.29. The van der Waals surface area contributed by atoms with Gasteiger partial charge in [-0.2, -0.15) is 0 Å². The molecule has 1 atom stereocenters. The highest BCUT2D eigenvalue weighted by atomic mass is 16.5. The molecule has 1 heterocycles. The fourth-order valence-corrected chi connectivity index (χ4v) is 3.29. The van der Waals surface area contributed by atoms with Crippen molar-refractivity contribution in [3.05, 3.63) is 53.6 Å². The molecule has 0 aromatic heterocycles. The molecule has 0 spiro atoms. The van der Waals surface area contributed by atoms with Crippen LogP contribution in [0.3, 0.4) is 0 Å². The third-order valence-electron chi connectivity index (χ3n) is 4.88. The number of carbonyl (C=O) groups excluding carboxylic acids is 2. The summed E-state index contributed by atoms with van der Waals surface area (Å²) in [6.45, 7) is 0. The Morgan fingerprint density at radius 2 is 1.96 bits per heavy atom. The Morgan fingerprint density at radius 3 is 2.59 bits per heavy atom. The summed E-state index contributed by atoms with van der Waals surface area (Å²) in [6.07, 6.45) is 2.25. The Kier molecular flexibility index (Phi) is 5.64. The van der Waals surface area contributed by atoms with Crippen LogP contribution in [0.5, 0.6) is 11.5 Å². The summed E-state index contributed by atoms with van der Waals surface area (Å²) in [6, 6.07) is 13.1. The number of aryl methyl sites for hydroxylation is 1. The zero-order valence-electron chi connectivity index (χ0n) is 15.6. The highest BCUT2D eigenvalue weighted by Gasteiger charge is 2.31. The molecule has 2 aromatic carbocycles. The molecule has 0 saturated carbocycles. The Balaban J connectivity index is 1.76. The van der Waals surface area contributed by atoms with Crippen molar-refractivity contribution in [3.8, 4) is 11.5 Å². The third kappa shape index (κ3) is 4.39. The van der Waals surface area contributed by atoms with Crippen LogP contribution in [0.1, 0.15) is 36.4 Å². The zero-order chi connectivity index (χ0) is 19.4. The van der Waals surface area contributed by atoms with E-state index in [4.69, 9.17) is 10.5 Å². The van der Waals surface area contributed by atoms with Crippen LogP contribution in [0.25, 0.3) is 0 Å². The van der Waals surface area contributed by atoms with Gasteiger partial charge in [-0.05, 0) is 48.7 Å². The van der Waals surface area contributed by atoms with Gasteiger partial charge in [0.2, 0.25) is 5.91 Å². The van der Waals surface area contributed by atoms with Crippen LogP contribution in [-0.4, -0.2) is 30.9 Å². The zero-order valence-corrected chi connectivity index (χ0v) is 15.6. The summed E-state index contributed by atoms with van der Waals surface area (Å²) >= 11 is 0. The van der Waals surface area contributed by atoms with Crippen LogP contribution in [0, 0.1) is 0 Å². The Bertz CT molecular complexity index is 833. The van der Waals surface area contributed by atoms with Gasteiger partial charge >= 0.3 is 5.97 Å². The van der Waals surface area contributed by atoms with Gasteiger partial charge in [0.15, 0.2) is 0 Å². The van der Waals surface area contributed by atoms with Crippen LogP contribution in [0.2, 0.25) is 0 Å². The summed E-state index contributed by atoms with van der Waals surface area (Å²) in [7, 11) is 3.20. The number of amides is 1. The lowest BCUT2D eigenvalue weighted by Crippen LogP contribution is -2.22. The summed E-state index contributed by atoms with van der Waals surface area (Å²) in [5, 5.41) is 0. The van der Waals surface area contributed by atoms with Gasteiger partial charge in [0.25, 0.3) is 0 Å². The molecule has 1 fully saturated rings. The molecular weight excluding hydrogens is 344 g/mol. The van der Waals surface area contributed by atoms with Crippen molar-refractivity contribution >= 4 is 17.6 Å². The second-order valence-electron chi connectivity index (χ2n) is 6.68. The molecule has 0 radical (unpaired) electrons. The quantitative estimate of drug-likeness (QED) is 0.624. The first kappa shape index (κ1) is 18.8. The number of likely N-dealkylation sites (tertiary alicyclic amines) is 1. The van der Waals surface area contributed by atoms with Crippen molar-refractivity contribution < 1.29 is 19.1 Å². The second kappa shape index (κ2) is 8.12. The first-order chi connectivity index (χ1) is 13.0. The van der Waals surface area contributed by atoms with E-state index in [1.807, 2.05) is 43.4 Å². The monoisotopic (exact) mass is 368 g/mol. The summed E-state index contributed by atoms with van der Waals surface area (Å²) in [4.78, 5) is 24.9. The molecule has 6 heteroatoms. The predicted octanol–water partition coefficient (Wildman–Crippen LogP) is 3.46. The highest BCUT2D eigenvalue weighted by molar-refractivity contribution is 5.79. The van der Waals surface area contributed by atoms with Crippen molar-refractivity contribution in [1.29, 1.82) is 0 Å². The van der Waals surface area contributed by atoms with Crippen molar-refractivity contribution in [2.75, 3.05) is 19.9 Å². The lowest BCUT2D eigenvalue weighted by molar-refractivity contribution is -0.140. The van der Waals surface area contributed by atoms with Crippen molar-refractivity contribution in [1.82, 2.24) is 4.90 Å². The van der Waals surface area contributed by atoms with E-state index in [9.17, 15) is 9.59 Å². The van der Waals surface area contributed by atoms with E-state index in [1.54, 1.807) is 11.0 Å². The van der Waals surface area contributed by atoms with Gasteiger partial charge < -0.3 is 20.1 Å². The highest BCUT2D eigenvalue weighted by Crippen LogP contribution is 2.39. The molecule has 2 aromatic rings. The Hall–Kier alpha value is -3.02. The number of nitrogens with zero attached hydrogens (tertiary/aromatic N) is 1. The standard InChI is InChI=1S/C21H24N2O4/c1-23-18(9-11-20(23)24)17-13-15(22)6-10-19(17)27-16-7-3-14(4-8-16)5-12-21(25)26-2/h3-4,6-8,10,13,18H,5,9,11-12,22H2,1-2H3. The molecule has 2 N–H and O–H groups in total. The van der Waals surface area contributed by atoms with Crippen LogP contribution in [-0.2, 0) is 20.7 Å². The maximum atomic E-state index is 11.9. The number of nitrogens with two attached hydrogens (primary N) is 1. The first-order valence-corrected chi connectivity index (χ1v) is 8.96. The van der Waals surface area contributed by atoms with Gasteiger partial charge in [-0.1, -0.05) is 12.1 Å². The van der Waals surface area contributed by atoms with Crippen LogP contribution < -0.4 is 10.5 Å². The van der Waals surface area contributed by atoms with Crippen LogP contribution in [0.15, 0.2) is 42.5 Å². The minimum absolute atomic E-state index is 0.0321. The van der Waals surface area contributed by atoms with E-state index in [1.165, 1.54) is 7.11 Å².